The zero-order valence-corrected chi connectivity index (χ0v) is 20.1. The fourth-order valence-electron chi connectivity index (χ4n) is 3.75. The number of nitrogens with zero attached hydrogens (tertiary/aromatic N) is 5. The van der Waals surface area contributed by atoms with Gasteiger partial charge in [0.25, 0.3) is 5.22 Å². The van der Waals surface area contributed by atoms with Gasteiger partial charge < -0.3 is 14.2 Å². The van der Waals surface area contributed by atoms with E-state index in [0.717, 1.165) is 28.7 Å². The summed E-state index contributed by atoms with van der Waals surface area (Å²) in [5.41, 5.74) is 4.09. The number of benzene rings is 2. The molecule has 0 saturated carbocycles. The molecule has 0 unspecified atom stereocenters. The molecule has 1 aromatic heterocycles. The molecule has 1 aliphatic heterocycles. The number of Topliss-reactive ketones (excluding diaryl/α,β-unsaturated/α-hetero) is 1. The molecule has 0 amide bonds. The van der Waals surface area contributed by atoms with Crippen molar-refractivity contribution in [1.29, 1.82) is 5.26 Å². The van der Waals surface area contributed by atoms with Crippen molar-refractivity contribution in [3.63, 3.8) is 0 Å². The molecule has 7 nitrogen and oxygen atoms in total. The fraction of sp³-hybridized carbons (Fsp3) is 0.280. The highest BCUT2D eigenvalue weighted by molar-refractivity contribution is 7.99. The Bertz CT molecular complexity index is 1230. The Kier molecular flexibility index (Phi) is 6.00. The standard InChI is InChI=1S/C25H25N5O2S/c1-25(2,3)17-12-10-16(11-13-17)22-27-28-24(32-22)33-15-21(31)18(14-26)23-29(4)19-8-6-7-9-20(19)30(23)5/h6-13H,15H2,1-5H3. The number of ketones is 1. The van der Waals surface area contributed by atoms with Crippen LogP contribution >= 0.6 is 11.8 Å². The van der Waals surface area contributed by atoms with Crippen molar-refractivity contribution in [2.45, 2.75) is 31.4 Å². The molecule has 168 valence electrons. The quantitative estimate of drug-likeness (QED) is 0.299. The van der Waals surface area contributed by atoms with Crippen LogP contribution in [-0.2, 0) is 10.2 Å². The van der Waals surface area contributed by atoms with Gasteiger partial charge in [-0.05, 0) is 35.2 Å². The van der Waals surface area contributed by atoms with Gasteiger partial charge in [0.05, 0.1) is 17.1 Å². The largest absolute Gasteiger partial charge is 0.411 e. The van der Waals surface area contributed by atoms with Gasteiger partial charge >= 0.3 is 0 Å². The topological polar surface area (TPSA) is 86.3 Å². The maximum Gasteiger partial charge on any atom is 0.277 e. The van der Waals surface area contributed by atoms with E-state index < -0.39 is 0 Å². The molecule has 0 fully saturated rings. The number of hydrogen-bond acceptors (Lipinski definition) is 8. The smallest absolute Gasteiger partial charge is 0.277 e. The predicted molar refractivity (Wildman–Crippen MR) is 130 cm³/mol. The number of rotatable bonds is 5. The van der Waals surface area contributed by atoms with Gasteiger partial charge in [0.1, 0.15) is 17.5 Å². The Morgan fingerprint density at radius 1 is 1.03 bits per heavy atom. The monoisotopic (exact) mass is 459 g/mol. The predicted octanol–water partition coefficient (Wildman–Crippen LogP) is 5.02. The summed E-state index contributed by atoms with van der Waals surface area (Å²) in [6.45, 7) is 6.47. The second-order valence-corrected chi connectivity index (χ2v) is 9.76. The van der Waals surface area contributed by atoms with Crippen molar-refractivity contribution in [2.75, 3.05) is 29.6 Å². The first kappa shape index (κ1) is 22.6. The van der Waals surface area contributed by atoms with Gasteiger partial charge in [0.15, 0.2) is 5.78 Å². The molecule has 4 rings (SSSR count). The first-order chi connectivity index (χ1) is 15.7. The van der Waals surface area contributed by atoms with Crippen molar-refractivity contribution < 1.29 is 9.21 Å². The summed E-state index contributed by atoms with van der Waals surface area (Å²) in [5.74, 6) is 0.692. The van der Waals surface area contributed by atoms with Crippen molar-refractivity contribution in [1.82, 2.24) is 10.2 Å². The van der Waals surface area contributed by atoms with E-state index in [1.807, 2.05) is 72.4 Å². The van der Waals surface area contributed by atoms with E-state index in [1.54, 1.807) is 0 Å². The minimum atomic E-state index is -0.293. The van der Waals surface area contributed by atoms with E-state index in [0.29, 0.717) is 11.7 Å². The molecule has 2 aromatic carbocycles. The molecule has 0 N–H and O–H groups in total. The maximum absolute atomic E-state index is 12.9. The van der Waals surface area contributed by atoms with Crippen LogP contribution in [-0.4, -0.2) is 35.8 Å². The summed E-state index contributed by atoms with van der Waals surface area (Å²) >= 11 is 1.13. The van der Waals surface area contributed by atoms with Crippen molar-refractivity contribution in [3.05, 3.63) is 65.5 Å². The Labute approximate surface area is 197 Å². The molecule has 0 atom stereocenters. The van der Waals surface area contributed by atoms with Crippen LogP contribution in [0.2, 0.25) is 0 Å². The summed E-state index contributed by atoms with van der Waals surface area (Å²) in [6, 6.07) is 17.9. The Balaban J connectivity index is 1.48. The van der Waals surface area contributed by atoms with Crippen LogP contribution in [0.25, 0.3) is 11.5 Å². The Morgan fingerprint density at radius 2 is 1.64 bits per heavy atom. The number of para-hydroxylation sites is 2. The summed E-state index contributed by atoms with van der Waals surface area (Å²) in [6.07, 6.45) is 0. The lowest BCUT2D eigenvalue weighted by molar-refractivity contribution is -0.112. The number of nitriles is 1. The number of hydrogen-bond donors (Lipinski definition) is 0. The van der Waals surface area contributed by atoms with E-state index in [1.165, 1.54) is 5.56 Å². The highest BCUT2D eigenvalue weighted by Gasteiger charge is 2.31. The number of carbonyl (C=O) groups excluding carboxylic acids is 1. The molecule has 0 bridgehead atoms. The number of aromatic nitrogens is 2. The van der Waals surface area contributed by atoms with Gasteiger partial charge in [-0.15, -0.1) is 10.2 Å². The number of anilines is 2. The molecule has 1 aliphatic rings. The molecule has 0 radical (unpaired) electrons. The van der Waals surface area contributed by atoms with Crippen molar-refractivity contribution in [3.8, 4) is 17.5 Å². The third-order valence-corrected chi connectivity index (χ3v) is 6.40. The summed E-state index contributed by atoms with van der Waals surface area (Å²) in [4.78, 5) is 16.7. The van der Waals surface area contributed by atoms with E-state index >= 15 is 0 Å². The van der Waals surface area contributed by atoms with Gasteiger partial charge in [-0.25, -0.2) is 0 Å². The minimum Gasteiger partial charge on any atom is -0.411 e. The Morgan fingerprint density at radius 3 is 2.18 bits per heavy atom. The molecular weight excluding hydrogens is 434 g/mol. The molecule has 33 heavy (non-hydrogen) atoms. The fourth-order valence-corrected chi connectivity index (χ4v) is 4.39. The maximum atomic E-state index is 12.9. The average molecular weight is 460 g/mol. The SMILES string of the molecule is CN1C(=C(C#N)C(=O)CSc2nnc(-c3ccc(C(C)(C)C)cc3)o2)N(C)c2ccccc21. The minimum absolute atomic E-state index is 0.0228. The molecule has 0 spiro atoms. The normalized spacial score (nSPS) is 13.2. The second kappa shape index (κ2) is 8.75. The van der Waals surface area contributed by atoms with Crippen LogP contribution in [0.15, 0.2) is 69.6 Å². The van der Waals surface area contributed by atoms with Crippen LogP contribution in [0.1, 0.15) is 26.3 Å². The summed E-state index contributed by atoms with van der Waals surface area (Å²) in [7, 11) is 3.70. The molecule has 2 heterocycles. The van der Waals surface area contributed by atoms with Gasteiger partial charge in [-0.2, -0.15) is 5.26 Å². The van der Waals surface area contributed by atoms with Crippen molar-refractivity contribution in [2.24, 2.45) is 0 Å². The summed E-state index contributed by atoms with van der Waals surface area (Å²) in [5, 5.41) is 18.2. The van der Waals surface area contributed by atoms with Crippen LogP contribution < -0.4 is 9.80 Å². The number of thioether (sulfide) groups is 1. The lowest BCUT2D eigenvalue weighted by atomic mass is 9.87. The third-order valence-electron chi connectivity index (χ3n) is 5.59. The van der Waals surface area contributed by atoms with Gasteiger partial charge in [0, 0.05) is 19.7 Å². The van der Waals surface area contributed by atoms with Crippen LogP contribution in [0.3, 0.4) is 0 Å². The molecular formula is C25H25N5O2S. The summed E-state index contributed by atoms with van der Waals surface area (Å²) < 4.78 is 5.75. The van der Waals surface area contributed by atoms with Gasteiger partial charge in [0.2, 0.25) is 5.89 Å². The highest BCUT2D eigenvalue weighted by atomic mass is 32.2. The first-order valence-electron chi connectivity index (χ1n) is 10.5. The number of carbonyl (C=O) groups is 1. The van der Waals surface area contributed by atoms with E-state index in [9.17, 15) is 10.1 Å². The second-order valence-electron chi connectivity index (χ2n) is 8.83. The Hall–Kier alpha value is -3.57. The van der Waals surface area contributed by atoms with Crippen LogP contribution in [0.4, 0.5) is 11.4 Å². The van der Waals surface area contributed by atoms with Crippen molar-refractivity contribution >= 4 is 28.9 Å². The van der Waals surface area contributed by atoms with Crippen LogP contribution in [0, 0.1) is 11.3 Å². The van der Waals surface area contributed by atoms with Gasteiger partial charge in [-0.1, -0.05) is 56.8 Å². The zero-order valence-electron chi connectivity index (χ0n) is 19.3. The number of allylic oxidation sites excluding steroid dienone is 1. The van der Waals surface area contributed by atoms with E-state index in [2.05, 4.69) is 37.0 Å². The first-order valence-corrected chi connectivity index (χ1v) is 11.5. The molecule has 0 saturated heterocycles. The molecule has 3 aromatic rings. The average Bonchev–Trinajstić information content (AvgIpc) is 3.37. The lowest BCUT2D eigenvalue weighted by Gasteiger charge is -2.19. The molecule has 8 heteroatoms. The zero-order chi connectivity index (χ0) is 23.8. The van der Waals surface area contributed by atoms with Crippen LogP contribution in [0.5, 0.6) is 0 Å². The van der Waals surface area contributed by atoms with Gasteiger partial charge in [-0.3, -0.25) is 4.79 Å². The van der Waals surface area contributed by atoms with E-state index in [-0.39, 0.29) is 27.7 Å². The van der Waals surface area contributed by atoms with E-state index in [4.69, 9.17) is 4.42 Å². The molecule has 0 aliphatic carbocycles. The highest BCUT2D eigenvalue weighted by Crippen LogP contribution is 2.40. The third kappa shape index (κ3) is 4.37. The lowest BCUT2D eigenvalue weighted by Crippen LogP contribution is -2.26. The number of fused-ring (bicyclic) bond motifs is 1.